The molecule has 1 aromatic carbocycles. The molecule has 1 rings (SSSR count). The second kappa shape index (κ2) is 6.94. The van der Waals surface area contributed by atoms with Crippen LogP contribution in [0.4, 0.5) is 0 Å². The molecule has 0 amide bonds. The molecule has 106 valence electrons. The zero-order chi connectivity index (χ0) is 14.5. The average molecular weight is 329 g/mol. The van der Waals surface area contributed by atoms with Crippen LogP contribution in [0.1, 0.15) is 38.3 Å². The number of benzene rings is 1. The summed E-state index contributed by atoms with van der Waals surface area (Å²) in [6, 6.07) is 5.52. The summed E-state index contributed by atoms with van der Waals surface area (Å²) in [6.45, 7) is 5.54. The Morgan fingerprint density at radius 1 is 1.32 bits per heavy atom. The first-order valence-electron chi connectivity index (χ1n) is 6.40. The van der Waals surface area contributed by atoms with Gasteiger partial charge in [0, 0.05) is 11.8 Å². The summed E-state index contributed by atoms with van der Waals surface area (Å²) >= 11 is 3.39. The van der Waals surface area contributed by atoms with Crippen LogP contribution >= 0.6 is 15.9 Å². The van der Waals surface area contributed by atoms with Gasteiger partial charge in [0.1, 0.15) is 11.4 Å². The summed E-state index contributed by atoms with van der Waals surface area (Å²) in [6.07, 6.45) is 1.68. The Bertz CT molecular complexity index is 436. The van der Waals surface area contributed by atoms with E-state index in [0.29, 0.717) is 6.42 Å². The maximum Gasteiger partial charge on any atom is 0.306 e. The van der Waals surface area contributed by atoms with Crippen LogP contribution in [0.3, 0.4) is 0 Å². The third kappa shape index (κ3) is 6.10. The number of alkyl halides is 1. The van der Waals surface area contributed by atoms with E-state index in [1.54, 1.807) is 6.07 Å². The number of aryl methyl sites for hydroxylation is 2. The van der Waals surface area contributed by atoms with Crippen LogP contribution in [0.15, 0.2) is 18.2 Å². The van der Waals surface area contributed by atoms with Gasteiger partial charge >= 0.3 is 5.97 Å². The van der Waals surface area contributed by atoms with Gasteiger partial charge in [0.25, 0.3) is 0 Å². The first-order valence-corrected chi connectivity index (χ1v) is 7.52. The molecule has 0 aliphatic heterocycles. The fourth-order valence-electron chi connectivity index (χ4n) is 1.73. The molecule has 0 aliphatic carbocycles. The van der Waals surface area contributed by atoms with Gasteiger partial charge in [0.2, 0.25) is 0 Å². The number of phenols is 1. The predicted octanol–water partition coefficient (Wildman–Crippen LogP) is 3.60. The fraction of sp³-hybridized carbons (Fsp3) is 0.533. The lowest BCUT2D eigenvalue weighted by atomic mass is 10.0. The number of halogens is 1. The maximum absolute atomic E-state index is 11.6. The first kappa shape index (κ1) is 16.0. The molecule has 0 aromatic heterocycles. The summed E-state index contributed by atoms with van der Waals surface area (Å²) in [5.74, 6) is -0.000300. The summed E-state index contributed by atoms with van der Waals surface area (Å²) in [5, 5.41) is 10.7. The highest BCUT2D eigenvalue weighted by Gasteiger charge is 2.16. The van der Waals surface area contributed by atoms with E-state index in [1.807, 2.05) is 32.9 Å². The molecule has 0 unspecified atom stereocenters. The fourth-order valence-corrected chi connectivity index (χ4v) is 2.19. The Balaban J connectivity index is 2.61. The molecular weight excluding hydrogens is 308 g/mol. The highest BCUT2D eigenvalue weighted by Crippen LogP contribution is 2.21. The van der Waals surface area contributed by atoms with Crippen molar-refractivity contribution in [1.82, 2.24) is 0 Å². The van der Waals surface area contributed by atoms with Crippen molar-refractivity contribution in [3.05, 3.63) is 29.3 Å². The number of hydrogen-bond donors (Lipinski definition) is 1. The van der Waals surface area contributed by atoms with Gasteiger partial charge in [-0.1, -0.05) is 28.1 Å². The molecule has 0 fully saturated rings. The van der Waals surface area contributed by atoms with Crippen molar-refractivity contribution in [3.8, 4) is 5.75 Å². The number of aromatic hydroxyl groups is 1. The zero-order valence-corrected chi connectivity index (χ0v) is 13.3. The van der Waals surface area contributed by atoms with E-state index >= 15 is 0 Å². The molecule has 4 heteroatoms. The van der Waals surface area contributed by atoms with Crippen LogP contribution < -0.4 is 0 Å². The lowest BCUT2D eigenvalue weighted by Gasteiger charge is -2.19. The molecule has 1 aromatic rings. The largest absolute Gasteiger partial charge is 0.508 e. The van der Waals surface area contributed by atoms with E-state index < -0.39 is 5.60 Å². The molecule has 0 radical (unpaired) electrons. The van der Waals surface area contributed by atoms with Crippen LogP contribution in [0.2, 0.25) is 0 Å². The van der Waals surface area contributed by atoms with Gasteiger partial charge < -0.3 is 9.84 Å². The molecule has 0 aliphatic rings. The standard InChI is InChI=1S/C15H21BrO3/c1-15(2,3)19-14(18)7-5-12-10-11(8-9-16)4-6-13(12)17/h4,6,10,17H,5,7-9H2,1-3H3. The number of carbonyl (C=O) groups excluding carboxylic acids is 1. The molecule has 3 nitrogen and oxygen atoms in total. The molecule has 0 atom stereocenters. The molecule has 0 heterocycles. The Morgan fingerprint density at radius 3 is 2.58 bits per heavy atom. The summed E-state index contributed by atoms with van der Waals surface area (Å²) in [5.41, 5.74) is 1.48. The smallest absolute Gasteiger partial charge is 0.306 e. The monoisotopic (exact) mass is 328 g/mol. The normalized spacial score (nSPS) is 11.4. The van der Waals surface area contributed by atoms with Crippen molar-refractivity contribution in [3.63, 3.8) is 0 Å². The van der Waals surface area contributed by atoms with Crippen molar-refractivity contribution < 1.29 is 14.6 Å². The van der Waals surface area contributed by atoms with Crippen LogP contribution in [-0.4, -0.2) is 22.0 Å². The minimum absolute atomic E-state index is 0.238. The third-order valence-electron chi connectivity index (χ3n) is 2.55. The van der Waals surface area contributed by atoms with Crippen molar-refractivity contribution in [1.29, 1.82) is 0 Å². The van der Waals surface area contributed by atoms with Crippen molar-refractivity contribution in [2.75, 3.05) is 5.33 Å². The topological polar surface area (TPSA) is 46.5 Å². The predicted molar refractivity (Wildman–Crippen MR) is 79.8 cm³/mol. The second-order valence-corrected chi connectivity index (χ2v) is 6.28. The van der Waals surface area contributed by atoms with Gasteiger partial charge in [0.15, 0.2) is 0 Å². The van der Waals surface area contributed by atoms with E-state index in [9.17, 15) is 9.90 Å². The summed E-state index contributed by atoms with van der Waals surface area (Å²) in [7, 11) is 0. The Morgan fingerprint density at radius 2 is 2.00 bits per heavy atom. The number of esters is 1. The van der Waals surface area contributed by atoms with Crippen LogP contribution in [0.25, 0.3) is 0 Å². The highest BCUT2D eigenvalue weighted by atomic mass is 79.9. The number of hydrogen-bond acceptors (Lipinski definition) is 3. The van der Waals surface area contributed by atoms with Gasteiger partial charge in [-0.25, -0.2) is 0 Å². The molecule has 19 heavy (non-hydrogen) atoms. The lowest BCUT2D eigenvalue weighted by Crippen LogP contribution is -2.24. The first-order chi connectivity index (χ1) is 8.81. The Labute approximate surface area is 123 Å². The zero-order valence-electron chi connectivity index (χ0n) is 11.7. The van der Waals surface area contributed by atoms with Crippen molar-refractivity contribution in [2.24, 2.45) is 0 Å². The molecule has 0 bridgehead atoms. The average Bonchev–Trinajstić information content (AvgIpc) is 2.28. The van der Waals surface area contributed by atoms with Gasteiger partial charge in [0.05, 0.1) is 0 Å². The SMILES string of the molecule is CC(C)(C)OC(=O)CCc1cc(CCBr)ccc1O. The Hall–Kier alpha value is -1.03. The van der Waals surface area contributed by atoms with Crippen LogP contribution in [0.5, 0.6) is 5.75 Å². The maximum atomic E-state index is 11.6. The van der Waals surface area contributed by atoms with Crippen molar-refractivity contribution in [2.45, 2.75) is 45.6 Å². The second-order valence-electron chi connectivity index (χ2n) is 5.49. The van der Waals surface area contributed by atoms with Gasteiger partial charge in [-0.3, -0.25) is 4.79 Å². The number of rotatable bonds is 5. The molecule has 0 spiro atoms. The molecule has 0 saturated heterocycles. The van der Waals surface area contributed by atoms with Crippen LogP contribution in [-0.2, 0) is 22.4 Å². The third-order valence-corrected chi connectivity index (χ3v) is 2.94. The van der Waals surface area contributed by atoms with Gasteiger partial charge in [-0.2, -0.15) is 0 Å². The van der Waals surface area contributed by atoms with E-state index in [0.717, 1.165) is 22.9 Å². The minimum Gasteiger partial charge on any atom is -0.508 e. The minimum atomic E-state index is -0.461. The summed E-state index contributed by atoms with van der Waals surface area (Å²) < 4.78 is 5.25. The van der Waals surface area contributed by atoms with E-state index in [1.165, 1.54) is 0 Å². The van der Waals surface area contributed by atoms with Gasteiger partial charge in [-0.05, 0) is 50.8 Å². The highest BCUT2D eigenvalue weighted by molar-refractivity contribution is 9.09. The quantitative estimate of drug-likeness (QED) is 0.663. The number of ether oxygens (including phenoxy) is 1. The molecule has 1 N–H and O–H groups in total. The number of carbonyl (C=O) groups is 1. The molecule has 0 saturated carbocycles. The van der Waals surface area contributed by atoms with Crippen LogP contribution in [0, 0.1) is 0 Å². The molecular formula is C15H21BrO3. The van der Waals surface area contributed by atoms with E-state index in [4.69, 9.17) is 4.74 Å². The van der Waals surface area contributed by atoms with Gasteiger partial charge in [-0.15, -0.1) is 0 Å². The lowest BCUT2D eigenvalue weighted by molar-refractivity contribution is -0.154. The van der Waals surface area contributed by atoms with Crippen molar-refractivity contribution >= 4 is 21.9 Å². The Kier molecular flexibility index (Phi) is 5.85. The van der Waals surface area contributed by atoms with E-state index in [2.05, 4.69) is 15.9 Å². The summed E-state index contributed by atoms with van der Waals surface area (Å²) in [4.78, 5) is 11.6. The van der Waals surface area contributed by atoms with E-state index in [-0.39, 0.29) is 18.1 Å². The number of phenolic OH excluding ortho intramolecular Hbond substituents is 1.